The number of hydrogen-bond donors (Lipinski definition) is 2. The Morgan fingerprint density at radius 3 is 2.65 bits per heavy atom. The molecule has 0 spiro atoms. The molecule has 0 aromatic heterocycles. The van der Waals surface area contributed by atoms with E-state index in [2.05, 4.69) is 5.32 Å². The van der Waals surface area contributed by atoms with E-state index in [4.69, 9.17) is 5.11 Å². The monoisotopic (exact) mass is 283 g/mol. The zero-order valence-electron chi connectivity index (χ0n) is 10.7. The molecular formula is C14H15F2NO3. The van der Waals surface area contributed by atoms with Gasteiger partial charge in [0.15, 0.2) is 0 Å². The first-order valence-corrected chi connectivity index (χ1v) is 6.42. The van der Waals surface area contributed by atoms with E-state index in [1.807, 2.05) is 0 Å². The first-order valence-electron chi connectivity index (χ1n) is 6.42. The summed E-state index contributed by atoms with van der Waals surface area (Å²) >= 11 is 0. The van der Waals surface area contributed by atoms with Crippen molar-refractivity contribution in [3.63, 3.8) is 0 Å². The maximum Gasteiger partial charge on any atom is 0.306 e. The van der Waals surface area contributed by atoms with Gasteiger partial charge in [0.1, 0.15) is 11.6 Å². The van der Waals surface area contributed by atoms with E-state index in [0.29, 0.717) is 19.3 Å². The molecule has 2 N–H and O–H groups in total. The maximum absolute atomic E-state index is 13.4. The van der Waals surface area contributed by atoms with Crippen LogP contribution < -0.4 is 5.32 Å². The van der Waals surface area contributed by atoms with Gasteiger partial charge in [0.2, 0.25) is 5.91 Å². The molecule has 1 fully saturated rings. The van der Waals surface area contributed by atoms with Crippen molar-refractivity contribution in [2.24, 2.45) is 5.92 Å². The predicted molar refractivity (Wildman–Crippen MR) is 67.0 cm³/mol. The highest BCUT2D eigenvalue weighted by molar-refractivity contribution is 5.79. The molecule has 1 aromatic rings. The van der Waals surface area contributed by atoms with Crippen molar-refractivity contribution in [1.29, 1.82) is 0 Å². The van der Waals surface area contributed by atoms with Crippen LogP contribution in [0.5, 0.6) is 0 Å². The van der Waals surface area contributed by atoms with Gasteiger partial charge in [-0.1, -0.05) is 6.07 Å². The average molecular weight is 283 g/mol. The SMILES string of the molecule is O=C(Cc1ccc(F)cc1F)NC1CCC(C(=O)O)C1. The van der Waals surface area contributed by atoms with E-state index in [0.717, 1.165) is 12.1 Å². The molecule has 6 heteroatoms. The Balaban J connectivity index is 1.88. The number of amides is 1. The molecule has 0 saturated heterocycles. The third kappa shape index (κ3) is 3.53. The minimum atomic E-state index is -0.855. The Hall–Kier alpha value is -1.98. The van der Waals surface area contributed by atoms with Crippen molar-refractivity contribution in [1.82, 2.24) is 5.32 Å². The van der Waals surface area contributed by atoms with Gasteiger partial charge in [-0.25, -0.2) is 8.78 Å². The largest absolute Gasteiger partial charge is 0.481 e. The number of hydrogen-bond acceptors (Lipinski definition) is 2. The van der Waals surface area contributed by atoms with Gasteiger partial charge >= 0.3 is 5.97 Å². The van der Waals surface area contributed by atoms with Gasteiger partial charge in [-0.15, -0.1) is 0 Å². The number of aliphatic carboxylic acids is 1. The van der Waals surface area contributed by atoms with E-state index in [1.54, 1.807) is 0 Å². The molecule has 4 nitrogen and oxygen atoms in total. The van der Waals surface area contributed by atoms with Crippen LogP contribution in [0.4, 0.5) is 8.78 Å². The fraction of sp³-hybridized carbons (Fsp3) is 0.429. The fourth-order valence-corrected chi connectivity index (χ4v) is 2.45. The highest BCUT2D eigenvalue weighted by Gasteiger charge is 2.30. The fourth-order valence-electron chi connectivity index (χ4n) is 2.45. The van der Waals surface area contributed by atoms with Crippen LogP contribution in [-0.2, 0) is 16.0 Å². The van der Waals surface area contributed by atoms with Crippen LogP contribution in [-0.4, -0.2) is 23.0 Å². The molecular weight excluding hydrogens is 268 g/mol. The first-order chi connectivity index (χ1) is 9.45. The summed E-state index contributed by atoms with van der Waals surface area (Å²) in [6.45, 7) is 0. The molecule has 1 amide bonds. The van der Waals surface area contributed by atoms with Gasteiger partial charge in [0.25, 0.3) is 0 Å². The van der Waals surface area contributed by atoms with Crippen LogP contribution in [0.3, 0.4) is 0 Å². The second-order valence-corrected chi connectivity index (χ2v) is 5.03. The lowest BCUT2D eigenvalue weighted by atomic mass is 10.1. The first kappa shape index (κ1) is 14.4. The highest BCUT2D eigenvalue weighted by atomic mass is 19.1. The summed E-state index contributed by atoms with van der Waals surface area (Å²) in [6, 6.07) is 2.88. The topological polar surface area (TPSA) is 66.4 Å². The molecule has 108 valence electrons. The lowest BCUT2D eigenvalue weighted by molar-refractivity contribution is -0.141. The Labute approximate surface area is 114 Å². The molecule has 0 aliphatic heterocycles. The molecule has 1 aliphatic carbocycles. The van der Waals surface area contributed by atoms with Crippen LogP contribution >= 0.6 is 0 Å². The summed E-state index contributed by atoms with van der Waals surface area (Å²) in [6.07, 6.45) is 1.35. The van der Waals surface area contributed by atoms with E-state index < -0.39 is 23.5 Å². The molecule has 0 bridgehead atoms. The molecule has 1 aromatic carbocycles. The minimum Gasteiger partial charge on any atom is -0.481 e. The van der Waals surface area contributed by atoms with E-state index in [1.165, 1.54) is 6.07 Å². The van der Waals surface area contributed by atoms with Crippen LogP contribution in [0.15, 0.2) is 18.2 Å². The summed E-state index contributed by atoms with van der Waals surface area (Å²) in [7, 11) is 0. The quantitative estimate of drug-likeness (QED) is 0.886. The predicted octanol–water partition coefficient (Wildman–Crippen LogP) is 1.88. The van der Waals surface area contributed by atoms with Crippen molar-refractivity contribution < 1.29 is 23.5 Å². The molecule has 2 atom stereocenters. The Morgan fingerprint density at radius 1 is 1.30 bits per heavy atom. The summed E-state index contributed by atoms with van der Waals surface area (Å²) in [5.41, 5.74) is 0.122. The van der Waals surface area contributed by atoms with E-state index >= 15 is 0 Å². The number of carboxylic acids is 1. The zero-order chi connectivity index (χ0) is 14.7. The maximum atomic E-state index is 13.4. The lowest BCUT2D eigenvalue weighted by Gasteiger charge is -2.12. The summed E-state index contributed by atoms with van der Waals surface area (Å²) < 4.78 is 26.1. The zero-order valence-corrected chi connectivity index (χ0v) is 10.7. The number of nitrogens with one attached hydrogen (secondary N) is 1. The van der Waals surface area contributed by atoms with Gasteiger partial charge in [-0.05, 0) is 30.9 Å². The molecule has 1 saturated carbocycles. The number of carbonyl (C=O) groups is 2. The molecule has 1 aliphatic rings. The van der Waals surface area contributed by atoms with Gasteiger partial charge in [0, 0.05) is 12.1 Å². The number of carbonyl (C=O) groups excluding carboxylic acids is 1. The van der Waals surface area contributed by atoms with Crippen LogP contribution in [0.2, 0.25) is 0 Å². The number of carboxylic acid groups (broad SMARTS) is 1. The molecule has 0 heterocycles. The van der Waals surface area contributed by atoms with Crippen LogP contribution in [0.25, 0.3) is 0 Å². The summed E-state index contributed by atoms with van der Waals surface area (Å²) in [4.78, 5) is 22.6. The molecule has 20 heavy (non-hydrogen) atoms. The molecule has 2 rings (SSSR count). The van der Waals surface area contributed by atoms with Crippen LogP contribution in [0.1, 0.15) is 24.8 Å². The Kier molecular flexibility index (Phi) is 4.32. The van der Waals surface area contributed by atoms with Gasteiger partial charge in [-0.2, -0.15) is 0 Å². The van der Waals surface area contributed by atoms with Crippen molar-refractivity contribution in [2.75, 3.05) is 0 Å². The number of halogens is 2. The second-order valence-electron chi connectivity index (χ2n) is 5.03. The molecule has 2 unspecified atom stereocenters. The summed E-state index contributed by atoms with van der Waals surface area (Å²) in [5.74, 6) is -3.11. The Bertz CT molecular complexity index is 533. The van der Waals surface area contributed by atoms with Crippen LogP contribution in [0, 0.1) is 17.6 Å². The average Bonchev–Trinajstić information content (AvgIpc) is 2.81. The lowest BCUT2D eigenvalue weighted by Crippen LogP contribution is -2.34. The summed E-state index contributed by atoms with van der Waals surface area (Å²) in [5, 5.41) is 11.6. The third-order valence-electron chi connectivity index (χ3n) is 3.51. The smallest absolute Gasteiger partial charge is 0.306 e. The van der Waals surface area contributed by atoms with Gasteiger partial charge in [-0.3, -0.25) is 9.59 Å². The van der Waals surface area contributed by atoms with Crippen molar-refractivity contribution in [3.8, 4) is 0 Å². The second kappa shape index (κ2) is 5.98. The van der Waals surface area contributed by atoms with Crippen molar-refractivity contribution in [3.05, 3.63) is 35.4 Å². The number of benzene rings is 1. The highest BCUT2D eigenvalue weighted by Crippen LogP contribution is 2.25. The normalized spacial score (nSPS) is 21.7. The number of rotatable bonds is 4. The van der Waals surface area contributed by atoms with Gasteiger partial charge in [0.05, 0.1) is 12.3 Å². The minimum absolute atomic E-state index is 0.122. The van der Waals surface area contributed by atoms with E-state index in [9.17, 15) is 18.4 Å². The van der Waals surface area contributed by atoms with Crippen molar-refractivity contribution in [2.45, 2.75) is 31.7 Å². The Morgan fingerprint density at radius 2 is 2.05 bits per heavy atom. The van der Waals surface area contributed by atoms with Crippen molar-refractivity contribution >= 4 is 11.9 Å². The third-order valence-corrected chi connectivity index (χ3v) is 3.51. The van der Waals surface area contributed by atoms with Gasteiger partial charge < -0.3 is 10.4 Å². The molecule has 0 radical (unpaired) electrons. The standard InChI is InChI=1S/C14H15F2NO3/c15-10-3-1-8(12(16)7-10)6-13(18)17-11-4-2-9(5-11)14(19)20/h1,3,7,9,11H,2,4-6H2,(H,17,18)(H,19,20). The van der Waals surface area contributed by atoms with E-state index in [-0.39, 0.29) is 23.9 Å².